The first kappa shape index (κ1) is 27.0. The molecule has 1 aromatic carbocycles. The topological polar surface area (TPSA) is 107 Å². The average molecular weight is 491 g/mol. The third kappa shape index (κ3) is 10.1. The highest BCUT2D eigenvalue weighted by Crippen LogP contribution is 2.20. The van der Waals surface area contributed by atoms with Gasteiger partial charge < -0.3 is 5.32 Å². The van der Waals surface area contributed by atoms with Crippen LogP contribution in [-0.2, 0) is 16.5 Å². The van der Waals surface area contributed by atoms with E-state index in [1.165, 1.54) is 49.5 Å². The Morgan fingerprint density at radius 3 is 2.15 bits per heavy atom. The number of benzene rings is 1. The monoisotopic (exact) mass is 490 g/mol. The van der Waals surface area contributed by atoms with Gasteiger partial charge in [-0.2, -0.15) is 13.7 Å². The zero-order chi connectivity index (χ0) is 24.1. The lowest BCUT2D eigenvalue weighted by Gasteiger charge is -2.08. The molecule has 0 aliphatic heterocycles. The average Bonchev–Trinajstić information content (AvgIpc) is 3.25. The maximum atomic E-state index is 12.0. The van der Waals surface area contributed by atoms with Crippen molar-refractivity contribution in [3.63, 3.8) is 0 Å². The summed E-state index contributed by atoms with van der Waals surface area (Å²) in [6.07, 6.45) is 11.8. The SMILES string of the molecule is Cc1ccc(S(=O)(=O)O)c(CCCCCCCCCCCCNC(=O)c2ccc(C#N)s2)c1. The van der Waals surface area contributed by atoms with Gasteiger partial charge >= 0.3 is 0 Å². The zero-order valence-electron chi connectivity index (χ0n) is 19.3. The van der Waals surface area contributed by atoms with Crippen molar-refractivity contribution in [2.24, 2.45) is 0 Å². The third-order valence-corrected chi connectivity index (χ3v) is 7.54. The first-order chi connectivity index (χ1) is 15.8. The van der Waals surface area contributed by atoms with Crippen molar-refractivity contribution in [3.8, 4) is 6.07 Å². The van der Waals surface area contributed by atoms with Gasteiger partial charge in [-0.3, -0.25) is 9.35 Å². The molecule has 0 atom stereocenters. The van der Waals surface area contributed by atoms with Crippen molar-refractivity contribution in [1.82, 2.24) is 5.32 Å². The number of thiophene rings is 1. The van der Waals surface area contributed by atoms with E-state index in [0.717, 1.165) is 37.7 Å². The van der Waals surface area contributed by atoms with E-state index >= 15 is 0 Å². The van der Waals surface area contributed by atoms with Crippen molar-refractivity contribution < 1.29 is 17.8 Å². The van der Waals surface area contributed by atoms with Gasteiger partial charge in [0.2, 0.25) is 0 Å². The summed E-state index contributed by atoms with van der Waals surface area (Å²) in [5.74, 6) is -0.0990. The van der Waals surface area contributed by atoms with Gasteiger partial charge in [0.25, 0.3) is 16.0 Å². The molecule has 2 N–H and O–H groups in total. The molecule has 0 spiro atoms. The van der Waals surface area contributed by atoms with Gasteiger partial charge in [-0.15, -0.1) is 11.3 Å². The van der Waals surface area contributed by atoms with Crippen LogP contribution < -0.4 is 5.32 Å². The number of carbonyl (C=O) groups excluding carboxylic acids is 1. The van der Waals surface area contributed by atoms with Gasteiger partial charge in [-0.05, 0) is 49.9 Å². The van der Waals surface area contributed by atoms with Crippen LogP contribution in [0.15, 0.2) is 35.2 Å². The number of amides is 1. The summed E-state index contributed by atoms with van der Waals surface area (Å²) in [5, 5.41) is 11.7. The van der Waals surface area contributed by atoms with E-state index in [9.17, 15) is 17.8 Å². The summed E-state index contributed by atoms with van der Waals surface area (Å²) in [6.45, 7) is 2.59. The lowest BCUT2D eigenvalue weighted by molar-refractivity contribution is 0.0957. The Morgan fingerprint density at radius 1 is 0.970 bits per heavy atom. The van der Waals surface area contributed by atoms with Crippen LogP contribution in [0.1, 0.15) is 89.9 Å². The summed E-state index contributed by atoms with van der Waals surface area (Å²) >= 11 is 1.22. The highest BCUT2D eigenvalue weighted by atomic mass is 32.2. The molecule has 33 heavy (non-hydrogen) atoms. The van der Waals surface area contributed by atoms with E-state index < -0.39 is 10.1 Å². The second-order valence-electron chi connectivity index (χ2n) is 8.40. The summed E-state index contributed by atoms with van der Waals surface area (Å²) in [6, 6.07) is 10.5. The number of hydrogen-bond donors (Lipinski definition) is 2. The second kappa shape index (κ2) is 14.1. The fraction of sp³-hybridized carbons (Fsp3) is 0.520. The van der Waals surface area contributed by atoms with Gasteiger partial charge in [-0.1, -0.05) is 69.1 Å². The Bertz CT molecular complexity index is 1040. The molecule has 0 fully saturated rings. The molecule has 1 amide bonds. The normalized spacial score (nSPS) is 11.3. The Balaban J connectivity index is 1.45. The van der Waals surface area contributed by atoms with E-state index in [2.05, 4.69) is 5.32 Å². The van der Waals surface area contributed by atoms with Crippen LogP contribution in [0, 0.1) is 18.3 Å². The molecular weight excluding hydrogens is 456 g/mol. The smallest absolute Gasteiger partial charge is 0.294 e. The minimum absolute atomic E-state index is 0.0346. The number of unbranched alkanes of at least 4 members (excludes halogenated alkanes) is 9. The molecular formula is C25H34N2O4S2. The zero-order valence-corrected chi connectivity index (χ0v) is 20.9. The molecule has 1 aromatic heterocycles. The summed E-state index contributed by atoms with van der Waals surface area (Å²) < 4.78 is 32.4. The minimum Gasteiger partial charge on any atom is -0.351 e. The van der Waals surface area contributed by atoms with Crippen molar-refractivity contribution in [3.05, 3.63) is 51.2 Å². The minimum atomic E-state index is -4.16. The van der Waals surface area contributed by atoms with Gasteiger partial charge in [0.1, 0.15) is 10.9 Å². The summed E-state index contributed by atoms with van der Waals surface area (Å²) in [5.41, 5.74) is 1.70. The number of nitrogens with one attached hydrogen (secondary N) is 1. The molecule has 0 saturated heterocycles. The standard InChI is InChI=1S/C25H34N2O4S2/c1-20-13-16-24(33(29,30)31)21(18-20)12-10-8-6-4-2-3-5-7-9-11-17-27-25(28)23-15-14-22(19-26)32-23/h13-16,18H,2-12,17H2,1H3,(H,27,28)(H,29,30,31). The Labute approximate surface area is 201 Å². The van der Waals surface area contributed by atoms with E-state index in [1.54, 1.807) is 18.2 Å². The molecule has 180 valence electrons. The first-order valence-electron chi connectivity index (χ1n) is 11.7. The molecule has 0 saturated carbocycles. The molecule has 1 heterocycles. The highest BCUT2D eigenvalue weighted by molar-refractivity contribution is 7.85. The maximum absolute atomic E-state index is 12.0. The van der Waals surface area contributed by atoms with Gasteiger partial charge in [-0.25, -0.2) is 0 Å². The van der Waals surface area contributed by atoms with E-state index in [1.807, 2.05) is 19.1 Å². The number of nitrogens with zero attached hydrogens (tertiary/aromatic N) is 1. The predicted molar refractivity (Wildman–Crippen MR) is 132 cm³/mol. The molecule has 0 radical (unpaired) electrons. The van der Waals surface area contributed by atoms with E-state index in [-0.39, 0.29) is 10.8 Å². The Morgan fingerprint density at radius 2 is 1.58 bits per heavy atom. The number of aryl methyl sites for hydroxylation is 2. The molecule has 0 aliphatic carbocycles. The Kier molecular flexibility index (Phi) is 11.6. The lowest BCUT2D eigenvalue weighted by Crippen LogP contribution is -2.23. The summed E-state index contributed by atoms with van der Waals surface area (Å²) in [7, 11) is -4.16. The van der Waals surface area contributed by atoms with Crippen molar-refractivity contribution >= 4 is 27.4 Å². The van der Waals surface area contributed by atoms with Crippen LogP contribution in [0.5, 0.6) is 0 Å². The lowest BCUT2D eigenvalue weighted by atomic mass is 10.0. The van der Waals surface area contributed by atoms with Crippen LogP contribution >= 0.6 is 11.3 Å². The van der Waals surface area contributed by atoms with Crippen LogP contribution in [0.2, 0.25) is 0 Å². The molecule has 2 rings (SSSR count). The van der Waals surface area contributed by atoms with E-state index in [0.29, 0.717) is 28.3 Å². The van der Waals surface area contributed by atoms with Gasteiger partial charge in [0.15, 0.2) is 0 Å². The predicted octanol–water partition coefficient (Wildman–Crippen LogP) is 6.05. The molecule has 2 aromatic rings. The Hall–Kier alpha value is -2.21. The van der Waals surface area contributed by atoms with Crippen molar-refractivity contribution in [2.75, 3.05) is 6.54 Å². The largest absolute Gasteiger partial charge is 0.351 e. The molecule has 0 unspecified atom stereocenters. The quantitative estimate of drug-likeness (QED) is 0.233. The molecule has 6 nitrogen and oxygen atoms in total. The van der Waals surface area contributed by atoms with Crippen LogP contribution in [0.4, 0.5) is 0 Å². The fourth-order valence-corrected chi connectivity index (χ4v) is 5.27. The van der Waals surface area contributed by atoms with Gasteiger partial charge in [0.05, 0.1) is 9.77 Å². The number of hydrogen-bond acceptors (Lipinski definition) is 5. The fourth-order valence-electron chi connectivity index (χ4n) is 3.82. The molecule has 0 aliphatic rings. The third-order valence-electron chi connectivity index (χ3n) is 5.59. The van der Waals surface area contributed by atoms with Crippen molar-refractivity contribution in [1.29, 1.82) is 5.26 Å². The molecule has 8 heteroatoms. The summed E-state index contributed by atoms with van der Waals surface area (Å²) in [4.78, 5) is 13.1. The second-order valence-corrected chi connectivity index (χ2v) is 10.9. The number of nitriles is 1. The van der Waals surface area contributed by atoms with Gasteiger partial charge in [0, 0.05) is 6.54 Å². The van der Waals surface area contributed by atoms with Crippen LogP contribution in [0.25, 0.3) is 0 Å². The first-order valence-corrected chi connectivity index (χ1v) is 13.9. The van der Waals surface area contributed by atoms with E-state index in [4.69, 9.17) is 5.26 Å². The molecule has 0 bridgehead atoms. The number of carbonyl (C=O) groups is 1. The number of rotatable bonds is 15. The van der Waals surface area contributed by atoms with Crippen molar-refractivity contribution in [2.45, 2.75) is 82.4 Å². The maximum Gasteiger partial charge on any atom is 0.294 e. The van der Waals surface area contributed by atoms with Crippen LogP contribution in [-0.4, -0.2) is 25.4 Å². The highest BCUT2D eigenvalue weighted by Gasteiger charge is 2.15. The van der Waals surface area contributed by atoms with Crippen LogP contribution in [0.3, 0.4) is 0 Å².